The average Bonchev–Trinajstić information content (AvgIpc) is 3.09. The molecule has 0 spiro atoms. The van der Waals surface area contributed by atoms with E-state index in [1.165, 1.54) is 10.2 Å². The monoisotopic (exact) mass is 356 g/mol. The minimum atomic E-state index is -3.65. The third-order valence-corrected chi connectivity index (χ3v) is 5.87. The third-order valence-electron chi connectivity index (χ3n) is 4.17. The smallest absolute Gasteiger partial charge is 0.268 e. The molecule has 3 aromatic rings. The highest BCUT2D eigenvalue weighted by Gasteiger charge is 2.19. The maximum absolute atomic E-state index is 12.9. The van der Waals surface area contributed by atoms with E-state index < -0.39 is 10.0 Å². The molecule has 0 aliphatic heterocycles. The molecule has 1 heterocycles. The second-order valence-corrected chi connectivity index (χ2v) is 7.58. The van der Waals surface area contributed by atoms with E-state index in [4.69, 9.17) is 10.1 Å². The van der Waals surface area contributed by atoms with Crippen molar-refractivity contribution in [1.82, 2.24) is 3.97 Å². The minimum absolute atomic E-state index is 0.0467. The third kappa shape index (κ3) is 3.30. The van der Waals surface area contributed by atoms with Crippen molar-refractivity contribution >= 4 is 27.1 Å². The highest BCUT2D eigenvalue weighted by atomic mass is 32.2. The Morgan fingerprint density at radius 1 is 1.12 bits per heavy atom. The van der Waals surface area contributed by atoms with Crippen LogP contribution in [-0.2, 0) is 10.0 Å². The molecule has 3 rings (SSSR count). The first kappa shape index (κ1) is 17.2. The van der Waals surface area contributed by atoms with Crippen LogP contribution in [0.3, 0.4) is 0 Å². The van der Waals surface area contributed by atoms with Gasteiger partial charge in [0.1, 0.15) is 5.75 Å². The molecule has 5 nitrogen and oxygen atoms in total. The number of rotatable bonds is 7. The van der Waals surface area contributed by atoms with Gasteiger partial charge in [0, 0.05) is 23.7 Å². The van der Waals surface area contributed by atoms with Gasteiger partial charge in [-0.2, -0.15) is 0 Å². The van der Waals surface area contributed by atoms with Crippen LogP contribution in [0.4, 0.5) is 0 Å². The summed E-state index contributed by atoms with van der Waals surface area (Å²) >= 11 is 0. The number of ether oxygens (including phenoxy) is 1. The second kappa shape index (κ2) is 7.11. The molecular formula is C19H20N2O3S. The Labute approximate surface area is 147 Å². The van der Waals surface area contributed by atoms with E-state index in [0.29, 0.717) is 17.9 Å². The number of nitrogens with zero attached hydrogens (tertiary/aromatic N) is 1. The lowest BCUT2D eigenvalue weighted by Crippen LogP contribution is -2.13. The summed E-state index contributed by atoms with van der Waals surface area (Å²) < 4.78 is 32.9. The molecule has 0 amide bonds. The maximum Gasteiger partial charge on any atom is 0.268 e. The highest BCUT2D eigenvalue weighted by molar-refractivity contribution is 7.90. The van der Waals surface area contributed by atoms with Gasteiger partial charge in [0.05, 0.1) is 17.0 Å². The Hall–Kier alpha value is -2.60. The first-order valence-electron chi connectivity index (χ1n) is 8.12. The van der Waals surface area contributed by atoms with Crippen LogP contribution in [-0.4, -0.2) is 25.2 Å². The summed E-state index contributed by atoms with van der Waals surface area (Å²) in [7, 11) is -3.65. The molecule has 0 radical (unpaired) electrons. The van der Waals surface area contributed by atoms with E-state index in [1.807, 2.05) is 13.0 Å². The fourth-order valence-corrected chi connectivity index (χ4v) is 4.00. The molecule has 0 aliphatic rings. The summed E-state index contributed by atoms with van der Waals surface area (Å²) in [6.07, 6.45) is 3.75. The van der Waals surface area contributed by atoms with Crippen LogP contribution in [0.2, 0.25) is 0 Å². The van der Waals surface area contributed by atoms with Gasteiger partial charge in [0.25, 0.3) is 10.0 Å². The molecule has 0 unspecified atom stereocenters. The largest absolute Gasteiger partial charge is 0.492 e. The summed E-state index contributed by atoms with van der Waals surface area (Å²) in [5, 5.41) is 8.12. The Bertz CT molecular complexity index is 978. The van der Waals surface area contributed by atoms with Crippen LogP contribution < -0.4 is 4.74 Å². The topological polar surface area (TPSA) is 72.2 Å². The van der Waals surface area contributed by atoms with E-state index >= 15 is 0 Å². The van der Waals surface area contributed by atoms with Gasteiger partial charge in [-0.3, -0.25) is 0 Å². The molecule has 0 fully saturated rings. The van der Waals surface area contributed by atoms with Gasteiger partial charge in [0.2, 0.25) is 0 Å². The van der Waals surface area contributed by atoms with Gasteiger partial charge >= 0.3 is 0 Å². The van der Waals surface area contributed by atoms with Crippen molar-refractivity contribution in [2.45, 2.75) is 18.2 Å². The van der Waals surface area contributed by atoms with Crippen LogP contribution in [0.1, 0.15) is 13.3 Å². The number of hydrogen-bond donors (Lipinski definition) is 1. The zero-order valence-corrected chi connectivity index (χ0v) is 14.7. The normalized spacial score (nSPS) is 12.8. The quantitative estimate of drug-likeness (QED) is 0.652. The highest BCUT2D eigenvalue weighted by Crippen LogP contribution is 2.29. The molecule has 25 heavy (non-hydrogen) atoms. The Balaban J connectivity index is 2.00. The van der Waals surface area contributed by atoms with Crippen molar-refractivity contribution in [3.8, 4) is 5.75 Å². The van der Waals surface area contributed by atoms with E-state index in [-0.39, 0.29) is 10.8 Å². The molecule has 0 bridgehead atoms. The van der Waals surface area contributed by atoms with Crippen molar-refractivity contribution < 1.29 is 13.2 Å². The summed E-state index contributed by atoms with van der Waals surface area (Å²) in [4.78, 5) is 0.244. The van der Waals surface area contributed by atoms with Crippen molar-refractivity contribution in [3.05, 3.63) is 60.8 Å². The SMILES string of the molecule is CC[C@@H](C=N)COc1cccc2c1ccn2S(=O)(=O)c1ccccc1. The molecule has 1 atom stereocenters. The van der Waals surface area contributed by atoms with Crippen LogP contribution in [0.25, 0.3) is 10.9 Å². The lowest BCUT2D eigenvalue weighted by atomic mass is 10.1. The van der Waals surface area contributed by atoms with Gasteiger partial charge in [-0.1, -0.05) is 31.2 Å². The molecule has 2 aromatic carbocycles. The van der Waals surface area contributed by atoms with Crippen LogP contribution >= 0.6 is 0 Å². The molecule has 6 heteroatoms. The number of benzene rings is 2. The van der Waals surface area contributed by atoms with Crippen molar-refractivity contribution in [2.75, 3.05) is 6.61 Å². The Morgan fingerprint density at radius 3 is 2.56 bits per heavy atom. The van der Waals surface area contributed by atoms with E-state index in [1.54, 1.807) is 54.7 Å². The second-order valence-electron chi connectivity index (χ2n) is 5.76. The lowest BCUT2D eigenvalue weighted by molar-refractivity contribution is 0.286. The zero-order valence-electron chi connectivity index (χ0n) is 13.9. The number of nitrogens with one attached hydrogen (secondary N) is 1. The molecule has 1 N–H and O–H groups in total. The van der Waals surface area contributed by atoms with Crippen LogP contribution in [0.15, 0.2) is 65.7 Å². The number of hydrogen-bond acceptors (Lipinski definition) is 4. The van der Waals surface area contributed by atoms with Crippen molar-refractivity contribution in [3.63, 3.8) is 0 Å². The predicted octanol–water partition coefficient (Wildman–Crippen LogP) is 3.93. The average molecular weight is 356 g/mol. The molecule has 0 saturated carbocycles. The van der Waals surface area contributed by atoms with E-state index in [2.05, 4.69) is 0 Å². The summed E-state index contributed by atoms with van der Waals surface area (Å²) in [5.74, 6) is 0.671. The molecular weight excluding hydrogens is 336 g/mol. The number of fused-ring (bicyclic) bond motifs is 1. The van der Waals surface area contributed by atoms with Gasteiger partial charge < -0.3 is 10.1 Å². The van der Waals surface area contributed by atoms with E-state index in [0.717, 1.165) is 11.8 Å². The Kier molecular flexibility index (Phi) is 4.90. The number of aromatic nitrogens is 1. The van der Waals surface area contributed by atoms with Gasteiger partial charge in [-0.05, 0) is 36.8 Å². The summed E-state index contributed by atoms with van der Waals surface area (Å²) in [5.41, 5.74) is 0.573. The maximum atomic E-state index is 12.9. The fourth-order valence-electron chi connectivity index (χ4n) is 2.64. The predicted molar refractivity (Wildman–Crippen MR) is 99.0 cm³/mol. The first-order chi connectivity index (χ1) is 12.1. The molecule has 130 valence electrons. The van der Waals surface area contributed by atoms with Crippen LogP contribution in [0.5, 0.6) is 5.75 Å². The molecule has 0 saturated heterocycles. The van der Waals surface area contributed by atoms with Gasteiger partial charge in [0.15, 0.2) is 0 Å². The van der Waals surface area contributed by atoms with Gasteiger partial charge in [-0.15, -0.1) is 0 Å². The van der Waals surface area contributed by atoms with Gasteiger partial charge in [-0.25, -0.2) is 12.4 Å². The first-order valence-corrected chi connectivity index (χ1v) is 9.56. The standard InChI is InChI=1S/C19H20N2O3S/c1-2-15(13-20)14-24-19-10-6-9-18-17(19)11-12-21(18)25(22,23)16-7-4-3-5-8-16/h3-13,15,20H,2,14H2,1H3/t15-/m0/s1. The zero-order chi connectivity index (χ0) is 17.9. The Morgan fingerprint density at radius 2 is 1.88 bits per heavy atom. The minimum Gasteiger partial charge on any atom is -0.492 e. The van der Waals surface area contributed by atoms with Crippen molar-refractivity contribution in [2.24, 2.45) is 5.92 Å². The summed E-state index contributed by atoms with van der Waals surface area (Å²) in [6.45, 7) is 2.40. The summed E-state index contributed by atoms with van der Waals surface area (Å²) in [6, 6.07) is 15.5. The van der Waals surface area contributed by atoms with Crippen LogP contribution in [0, 0.1) is 11.3 Å². The molecule has 0 aliphatic carbocycles. The van der Waals surface area contributed by atoms with E-state index in [9.17, 15) is 8.42 Å². The fraction of sp³-hybridized carbons (Fsp3) is 0.211. The lowest BCUT2D eigenvalue weighted by Gasteiger charge is -2.12. The molecule has 1 aromatic heterocycles. The van der Waals surface area contributed by atoms with Crippen molar-refractivity contribution in [1.29, 1.82) is 5.41 Å².